The molecule has 0 aromatic rings. The number of hydrogen-bond acceptors (Lipinski definition) is 1. The molecule has 15 heavy (non-hydrogen) atoms. The Morgan fingerprint density at radius 3 is 2.00 bits per heavy atom. The van der Waals surface area contributed by atoms with Gasteiger partial charge in [0.1, 0.15) is 0 Å². The molecule has 0 radical (unpaired) electrons. The first-order chi connectivity index (χ1) is 6.66. The van der Waals surface area contributed by atoms with Crippen molar-refractivity contribution in [3.05, 3.63) is 24.3 Å². The number of allylic oxidation sites excluding steroid dienone is 1. The summed E-state index contributed by atoms with van der Waals surface area (Å²) in [5.74, 6) is -1.42. The molecular weight excluding hydrogens is 203 g/mol. The summed E-state index contributed by atoms with van der Waals surface area (Å²) in [6.07, 6.45) is -1.44. The summed E-state index contributed by atoms with van der Waals surface area (Å²) in [5, 5.41) is 0. The maximum absolute atomic E-state index is 12.2. The van der Waals surface area contributed by atoms with Gasteiger partial charge < -0.3 is 0 Å². The lowest BCUT2D eigenvalue weighted by molar-refractivity contribution is -0.156. The summed E-state index contributed by atoms with van der Waals surface area (Å²) >= 11 is 0. The summed E-state index contributed by atoms with van der Waals surface area (Å²) in [4.78, 5) is 1.82. The average molecular weight is 221 g/mol. The van der Waals surface area contributed by atoms with Gasteiger partial charge in [0.25, 0.3) is 0 Å². The molecule has 88 valence electrons. The molecule has 2 atom stereocenters. The lowest BCUT2D eigenvalue weighted by Gasteiger charge is -2.22. The number of likely N-dealkylation sites (N-methyl/N-ethyl adjacent to an activating group) is 1. The molecule has 0 bridgehead atoms. The van der Waals surface area contributed by atoms with E-state index < -0.39 is 12.1 Å². The fourth-order valence-corrected chi connectivity index (χ4v) is 1.16. The van der Waals surface area contributed by atoms with Gasteiger partial charge in [0.15, 0.2) is 0 Å². The molecule has 0 amide bonds. The van der Waals surface area contributed by atoms with Gasteiger partial charge >= 0.3 is 6.18 Å². The van der Waals surface area contributed by atoms with Crippen LogP contribution in [0.4, 0.5) is 13.2 Å². The van der Waals surface area contributed by atoms with Crippen molar-refractivity contribution in [1.82, 2.24) is 4.90 Å². The molecule has 0 heterocycles. The van der Waals surface area contributed by atoms with Crippen LogP contribution in [0, 0.1) is 5.92 Å². The molecule has 0 rings (SSSR count). The fraction of sp³-hybridized carbons (Fsp3) is 0.636. The third-order valence-electron chi connectivity index (χ3n) is 2.16. The van der Waals surface area contributed by atoms with Crippen molar-refractivity contribution in [1.29, 1.82) is 0 Å². The first-order valence-electron chi connectivity index (χ1n) is 4.73. The summed E-state index contributed by atoms with van der Waals surface area (Å²) in [7, 11) is 3.61. The van der Waals surface area contributed by atoms with E-state index in [1.165, 1.54) is 6.08 Å². The smallest absolute Gasteiger partial charge is 0.299 e. The lowest BCUT2D eigenvalue weighted by atomic mass is 10.1. The molecule has 0 aliphatic carbocycles. The number of rotatable bonds is 4. The highest BCUT2D eigenvalue weighted by Crippen LogP contribution is 2.27. The van der Waals surface area contributed by atoms with Gasteiger partial charge in [0.2, 0.25) is 0 Å². The van der Waals surface area contributed by atoms with Crippen LogP contribution in [0.1, 0.15) is 13.8 Å². The average Bonchev–Trinajstić information content (AvgIpc) is 2.00. The zero-order valence-corrected chi connectivity index (χ0v) is 9.60. The van der Waals surface area contributed by atoms with E-state index >= 15 is 0 Å². The molecule has 4 heteroatoms. The highest BCUT2D eigenvalue weighted by atomic mass is 19.4. The summed E-state index contributed by atoms with van der Waals surface area (Å²) < 4.78 is 36.6. The summed E-state index contributed by atoms with van der Waals surface area (Å²) in [6.45, 7) is 6.68. The second-order valence-corrected chi connectivity index (χ2v) is 3.97. The molecule has 2 unspecified atom stereocenters. The van der Waals surface area contributed by atoms with Crippen LogP contribution >= 0.6 is 0 Å². The first kappa shape index (κ1) is 14.2. The van der Waals surface area contributed by atoms with E-state index in [1.54, 1.807) is 13.0 Å². The van der Waals surface area contributed by atoms with Crippen LogP contribution in [0.3, 0.4) is 0 Å². The molecule has 0 spiro atoms. The van der Waals surface area contributed by atoms with Gasteiger partial charge in [-0.3, -0.25) is 4.90 Å². The van der Waals surface area contributed by atoms with Gasteiger partial charge in [0.05, 0.1) is 5.92 Å². The van der Waals surface area contributed by atoms with Gasteiger partial charge in [-0.15, -0.1) is 0 Å². The zero-order chi connectivity index (χ0) is 12.2. The molecule has 0 aromatic carbocycles. The Morgan fingerprint density at radius 1 is 1.27 bits per heavy atom. The third-order valence-corrected chi connectivity index (χ3v) is 2.16. The lowest BCUT2D eigenvalue weighted by Crippen LogP contribution is -2.27. The minimum absolute atomic E-state index is 0.144. The van der Waals surface area contributed by atoms with E-state index in [-0.39, 0.29) is 6.04 Å². The number of halogens is 3. The van der Waals surface area contributed by atoms with Crippen LogP contribution in [0.2, 0.25) is 0 Å². The molecule has 0 aromatic heterocycles. The van der Waals surface area contributed by atoms with Crippen LogP contribution in [0.15, 0.2) is 24.3 Å². The van der Waals surface area contributed by atoms with E-state index in [0.29, 0.717) is 0 Å². The Kier molecular flexibility index (Phi) is 5.08. The highest BCUT2D eigenvalue weighted by Gasteiger charge is 2.33. The van der Waals surface area contributed by atoms with Crippen molar-refractivity contribution in [2.75, 3.05) is 14.1 Å². The third kappa shape index (κ3) is 5.02. The SMILES string of the molecule is C=C(C)C(/C=C\C(C)C(F)(F)F)N(C)C. The maximum Gasteiger partial charge on any atom is 0.394 e. The maximum atomic E-state index is 12.2. The Balaban J connectivity index is 4.55. The van der Waals surface area contributed by atoms with Gasteiger partial charge in [-0.1, -0.05) is 31.2 Å². The molecule has 0 aliphatic heterocycles. The van der Waals surface area contributed by atoms with Crippen molar-refractivity contribution in [3.63, 3.8) is 0 Å². The molecular formula is C11H18F3N. The normalized spacial score (nSPS) is 17.1. The second kappa shape index (κ2) is 5.35. The van der Waals surface area contributed by atoms with Gasteiger partial charge in [-0.05, 0) is 21.0 Å². The minimum atomic E-state index is -4.16. The predicted octanol–water partition coefficient (Wildman–Crippen LogP) is 3.25. The van der Waals surface area contributed by atoms with E-state index in [4.69, 9.17) is 0 Å². The summed E-state index contributed by atoms with van der Waals surface area (Å²) in [6, 6.07) is -0.144. The van der Waals surface area contributed by atoms with Crippen molar-refractivity contribution < 1.29 is 13.2 Å². The van der Waals surface area contributed by atoms with E-state index in [0.717, 1.165) is 12.5 Å². The van der Waals surface area contributed by atoms with Crippen molar-refractivity contribution in [3.8, 4) is 0 Å². The Morgan fingerprint density at radius 2 is 1.73 bits per heavy atom. The fourth-order valence-electron chi connectivity index (χ4n) is 1.16. The molecule has 0 saturated carbocycles. The monoisotopic (exact) mass is 221 g/mol. The van der Waals surface area contributed by atoms with Crippen molar-refractivity contribution in [2.24, 2.45) is 5.92 Å². The largest absolute Gasteiger partial charge is 0.394 e. The van der Waals surface area contributed by atoms with Crippen molar-refractivity contribution >= 4 is 0 Å². The van der Waals surface area contributed by atoms with Gasteiger partial charge in [-0.25, -0.2) is 0 Å². The molecule has 0 fully saturated rings. The number of nitrogens with zero attached hydrogens (tertiary/aromatic N) is 1. The Hall–Kier alpha value is -0.770. The highest BCUT2D eigenvalue weighted by molar-refractivity contribution is 5.13. The molecule has 0 saturated heterocycles. The standard InChI is InChI=1S/C11H18F3N/c1-8(2)10(15(4)5)7-6-9(3)11(12,13)14/h6-7,9-10H,1H2,2-5H3/b7-6-. The van der Waals surface area contributed by atoms with Crippen LogP contribution < -0.4 is 0 Å². The quantitative estimate of drug-likeness (QED) is 0.659. The molecule has 0 N–H and O–H groups in total. The predicted molar refractivity (Wildman–Crippen MR) is 56.6 cm³/mol. The van der Waals surface area contributed by atoms with Gasteiger partial charge in [-0.2, -0.15) is 13.2 Å². The van der Waals surface area contributed by atoms with E-state index in [2.05, 4.69) is 6.58 Å². The first-order valence-corrected chi connectivity index (χ1v) is 4.73. The van der Waals surface area contributed by atoms with E-state index in [1.807, 2.05) is 19.0 Å². The van der Waals surface area contributed by atoms with Crippen LogP contribution in [-0.4, -0.2) is 31.2 Å². The second-order valence-electron chi connectivity index (χ2n) is 3.97. The molecule has 0 aliphatic rings. The Labute approximate surface area is 89.3 Å². The van der Waals surface area contributed by atoms with Crippen LogP contribution in [0.5, 0.6) is 0 Å². The van der Waals surface area contributed by atoms with Crippen molar-refractivity contribution in [2.45, 2.75) is 26.1 Å². The topological polar surface area (TPSA) is 3.24 Å². The van der Waals surface area contributed by atoms with Gasteiger partial charge in [0, 0.05) is 6.04 Å². The van der Waals surface area contributed by atoms with Crippen LogP contribution in [-0.2, 0) is 0 Å². The number of hydrogen-bond donors (Lipinski definition) is 0. The minimum Gasteiger partial charge on any atom is -0.299 e. The molecule has 1 nitrogen and oxygen atoms in total. The van der Waals surface area contributed by atoms with E-state index in [9.17, 15) is 13.2 Å². The van der Waals surface area contributed by atoms with Crippen LogP contribution in [0.25, 0.3) is 0 Å². The Bertz CT molecular complexity index is 241. The summed E-state index contributed by atoms with van der Waals surface area (Å²) in [5.41, 5.74) is 0.825. The number of alkyl halides is 3. The zero-order valence-electron chi connectivity index (χ0n) is 9.60.